The van der Waals surface area contributed by atoms with Crippen LogP contribution in [-0.2, 0) is 9.84 Å². The first kappa shape index (κ1) is 10.2. The summed E-state index contributed by atoms with van der Waals surface area (Å²) in [5.74, 6) is 0.144. The molecule has 0 spiro atoms. The van der Waals surface area contributed by atoms with Gasteiger partial charge in [-0.25, -0.2) is 8.42 Å². The molecule has 0 saturated carbocycles. The molecule has 0 aromatic rings. The topological polar surface area (TPSA) is 34.1 Å². The maximum atomic E-state index is 11.8. The third kappa shape index (κ3) is 1.75. The van der Waals surface area contributed by atoms with Gasteiger partial charge in [0, 0.05) is 5.56 Å². The van der Waals surface area contributed by atoms with E-state index < -0.39 is 9.84 Å². The lowest BCUT2D eigenvalue weighted by molar-refractivity contribution is 0.598. The normalized spacial score (nSPS) is 11.8. The lowest BCUT2D eigenvalue weighted by Gasteiger charge is -2.00. The fourth-order valence-electron chi connectivity index (χ4n) is 1.61. The Balaban J connectivity index is 2.70. The Labute approximate surface area is 89.8 Å². The van der Waals surface area contributed by atoms with Crippen LogP contribution in [0.2, 0.25) is 0 Å². The molecular weight excluding hydrogens is 208 g/mol. The number of fused-ring (bicyclic) bond motifs is 1. The molecule has 0 heterocycles. The standard InChI is InChI=1S/C12H12O2S/c1-2-15(13,14)12-9-8-10-6-4-3-5-7-11(10)12/h3-9H,2H2,1H3. The summed E-state index contributed by atoms with van der Waals surface area (Å²) in [6.07, 6.45) is 0. The zero-order chi connectivity index (χ0) is 10.9. The number of hydrogen-bond donors (Lipinski definition) is 0. The summed E-state index contributed by atoms with van der Waals surface area (Å²) in [5, 5.41) is 0. The molecule has 0 bridgehead atoms. The molecule has 0 unspecified atom stereocenters. The number of sulfone groups is 1. The second-order valence-electron chi connectivity index (χ2n) is 3.38. The van der Waals surface area contributed by atoms with Crippen molar-refractivity contribution in [2.24, 2.45) is 0 Å². The molecule has 2 aliphatic rings. The molecule has 15 heavy (non-hydrogen) atoms. The minimum absolute atomic E-state index is 0.144. The largest absolute Gasteiger partial charge is 0.224 e. The Hall–Kier alpha value is -1.35. The van der Waals surface area contributed by atoms with Crippen molar-refractivity contribution < 1.29 is 8.42 Å². The average molecular weight is 220 g/mol. The molecule has 0 fully saturated rings. The average Bonchev–Trinajstić information content (AvgIpc) is 2.49. The molecular formula is C12H12O2S. The van der Waals surface area contributed by atoms with Gasteiger partial charge in [-0.05, 0) is 11.6 Å². The van der Waals surface area contributed by atoms with Gasteiger partial charge >= 0.3 is 0 Å². The molecule has 0 saturated heterocycles. The van der Waals surface area contributed by atoms with Crippen molar-refractivity contribution in [3.05, 3.63) is 42.5 Å². The summed E-state index contributed by atoms with van der Waals surface area (Å²) in [7, 11) is -3.11. The van der Waals surface area contributed by atoms with Gasteiger partial charge in [0.1, 0.15) is 0 Å². The molecule has 0 amide bonds. The highest BCUT2D eigenvalue weighted by Crippen LogP contribution is 2.30. The number of rotatable bonds is 2. The van der Waals surface area contributed by atoms with Crippen LogP contribution in [0.1, 0.15) is 6.92 Å². The van der Waals surface area contributed by atoms with E-state index in [4.69, 9.17) is 0 Å². The highest BCUT2D eigenvalue weighted by molar-refractivity contribution is 7.91. The van der Waals surface area contributed by atoms with Crippen LogP contribution in [-0.4, -0.2) is 14.2 Å². The van der Waals surface area contributed by atoms with Gasteiger partial charge in [-0.1, -0.05) is 43.3 Å². The van der Waals surface area contributed by atoms with Gasteiger partial charge < -0.3 is 0 Å². The smallest absolute Gasteiger partial charge is 0.178 e. The molecule has 0 aromatic heterocycles. The Morgan fingerprint density at radius 1 is 1.00 bits per heavy atom. The maximum absolute atomic E-state index is 11.8. The number of hydrogen-bond acceptors (Lipinski definition) is 2. The van der Waals surface area contributed by atoms with Crippen LogP contribution < -0.4 is 0 Å². The van der Waals surface area contributed by atoms with Crippen molar-refractivity contribution in [3.8, 4) is 11.1 Å². The van der Waals surface area contributed by atoms with E-state index >= 15 is 0 Å². The SMILES string of the molecule is CCS(=O)(=O)c1ccc2cccccc1-2. The zero-order valence-electron chi connectivity index (χ0n) is 8.47. The quantitative estimate of drug-likeness (QED) is 0.779. The highest BCUT2D eigenvalue weighted by Gasteiger charge is 2.18. The van der Waals surface area contributed by atoms with E-state index in [1.54, 1.807) is 13.0 Å². The van der Waals surface area contributed by atoms with Gasteiger partial charge in [-0.2, -0.15) is 0 Å². The van der Waals surface area contributed by atoms with E-state index in [0.717, 1.165) is 11.1 Å². The Morgan fingerprint density at radius 3 is 2.47 bits per heavy atom. The summed E-state index contributed by atoms with van der Waals surface area (Å²) in [5.41, 5.74) is 1.77. The van der Waals surface area contributed by atoms with Gasteiger partial charge in [-0.15, -0.1) is 0 Å². The van der Waals surface area contributed by atoms with Crippen LogP contribution in [0.5, 0.6) is 0 Å². The minimum Gasteiger partial charge on any atom is -0.224 e. The van der Waals surface area contributed by atoms with Crippen molar-refractivity contribution >= 4 is 9.84 Å². The Morgan fingerprint density at radius 2 is 1.73 bits per heavy atom. The van der Waals surface area contributed by atoms with E-state index in [1.807, 2.05) is 36.4 Å². The molecule has 0 atom stereocenters. The summed E-state index contributed by atoms with van der Waals surface area (Å²) in [6.45, 7) is 1.66. The first-order chi connectivity index (χ1) is 7.15. The van der Waals surface area contributed by atoms with Crippen molar-refractivity contribution in [3.63, 3.8) is 0 Å². The summed E-state index contributed by atoms with van der Waals surface area (Å²) < 4.78 is 23.6. The minimum atomic E-state index is -3.11. The van der Waals surface area contributed by atoms with Crippen LogP contribution in [0.4, 0.5) is 0 Å². The van der Waals surface area contributed by atoms with Crippen molar-refractivity contribution in [1.29, 1.82) is 0 Å². The second-order valence-corrected chi connectivity index (χ2v) is 5.63. The van der Waals surface area contributed by atoms with Gasteiger partial charge in [0.05, 0.1) is 10.6 Å². The molecule has 2 aliphatic carbocycles. The van der Waals surface area contributed by atoms with E-state index in [-0.39, 0.29) is 5.75 Å². The van der Waals surface area contributed by atoms with Crippen molar-refractivity contribution in [1.82, 2.24) is 0 Å². The zero-order valence-corrected chi connectivity index (χ0v) is 9.29. The molecule has 2 rings (SSSR count). The van der Waals surface area contributed by atoms with Crippen molar-refractivity contribution in [2.45, 2.75) is 11.8 Å². The fourth-order valence-corrected chi connectivity index (χ4v) is 2.72. The Kier molecular flexibility index (Phi) is 2.49. The van der Waals surface area contributed by atoms with Crippen LogP contribution in [0.15, 0.2) is 47.4 Å². The van der Waals surface area contributed by atoms with Crippen LogP contribution >= 0.6 is 0 Å². The molecule has 3 heteroatoms. The van der Waals surface area contributed by atoms with Gasteiger partial charge in [0.2, 0.25) is 0 Å². The first-order valence-corrected chi connectivity index (χ1v) is 6.51. The molecule has 0 aromatic carbocycles. The molecule has 0 radical (unpaired) electrons. The molecule has 0 N–H and O–H groups in total. The predicted octanol–water partition coefficient (Wildman–Crippen LogP) is 2.59. The van der Waals surface area contributed by atoms with Crippen LogP contribution in [0.3, 0.4) is 0 Å². The van der Waals surface area contributed by atoms with E-state index in [0.29, 0.717) is 4.90 Å². The monoisotopic (exact) mass is 220 g/mol. The molecule has 2 nitrogen and oxygen atoms in total. The van der Waals surface area contributed by atoms with Crippen LogP contribution in [0.25, 0.3) is 11.1 Å². The summed E-state index contributed by atoms with van der Waals surface area (Å²) >= 11 is 0. The molecule has 78 valence electrons. The van der Waals surface area contributed by atoms with Crippen LogP contribution in [0, 0.1) is 0 Å². The fraction of sp³-hybridized carbons (Fsp3) is 0.167. The van der Waals surface area contributed by atoms with E-state index in [9.17, 15) is 8.42 Å². The lowest BCUT2D eigenvalue weighted by Crippen LogP contribution is -2.02. The third-order valence-corrected chi connectivity index (χ3v) is 4.25. The lowest BCUT2D eigenvalue weighted by atomic mass is 10.2. The molecule has 0 aliphatic heterocycles. The van der Waals surface area contributed by atoms with E-state index in [1.165, 1.54) is 0 Å². The summed E-state index contributed by atoms with van der Waals surface area (Å²) in [6, 6.07) is 13.0. The van der Waals surface area contributed by atoms with Gasteiger partial charge in [0.25, 0.3) is 0 Å². The van der Waals surface area contributed by atoms with Gasteiger partial charge in [0.15, 0.2) is 9.84 Å². The third-order valence-electron chi connectivity index (χ3n) is 2.47. The Bertz CT molecular complexity index is 543. The van der Waals surface area contributed by atoms with Crippen molar-refractivity contribution in [2.75, 3.05) is 5.75 Å². The maximum Gasteiger partial charge on any atom is 0.178 e. The highest BCUT2D eigenvalue weighted by atomic mass is 32.2. The van der Waals surface area contributed by atoms with E-state index in [2.05, 4.69) is 0 Å². The summed E-state index contributed by atoms with van der Waals surface area (Å²) in [4.78, 5) is 0.441. The first-order valence-electron chi connectivity index (χ1n) is 4.85. The predicted molar refractivity (Wildman–Crippen MR) is 60.8 cm³/mol. The second kappa shape index (κ2) is 3.66. The van der Waals surface area contributed by atoms with Gasteiger partial charge in [-0.3, -0.25) is 0 Å².